The lowest BCUT2D eigenvalue weighted by Gasteiger charge is -2.13. The van der Waals surface area contributed by atoms with Crippen molar-refractivity contribution in [1.82, 2.24) is 14.9 Å². The zero-order valence-electron chi connectivity index (χ0n) is 13.0. The van der Waals surface area contributed by atoms with Crippen LogP contribution in [0.25, 0.3) is 11.0 Å². The molecule has 1 amide bonds. The smallest absolute Gasteiger partial charge is 0.221 e. The molecule has 5 heteroatoms. The number of benzene rings is 1. The van der Waals surface area contributed by atoms with Crippen molar-refractivity contribution in [2.75, 3.05) is 0 Å². The Morgan fingerprint density at radius 1 is 1.38 bits per heavy atom. The summed E-state index contributed by atoms with van der Waals surface area (Å²) >= 11 is 6.25. The molecule has 0 aliphatic heterocycles. The van der Waals surface area contributed by atoms with E-state index in [2.05, 4.69) is 27.9 Å². The van der Waals surface area contributed by atoms with Gasteiger partial charge in [-0.15, -0.1) is 11.6 Å². The van der Waals surface area contributed by atoms with E-state index in [1.807, 2.05) is 32.9 Å². The van der Waals surface area contributed by atoms with E-state index in [0.29, 0.717) is 13.0 Å². The molecule has 0 saturated carbocycles. The molecule has 0 saturated heterocycles. The molecular weight excluding hydrogens is 286 g/mol. The van der Waals surface area contributed by atoms with Crippen molar-refractivity contribution in [3.05, 3.63) is 29.6 Å². The molecule has 21 heavy (non-hydrogen) atoms. The predicted molar refractivity (Wildman–Crippen MR) is 86.6 cm³/mol. The van der Waals surface area contributed by atoms with Gasteiger partial charge in [0, 0.05) is 19.0 Å². The number of nitrogens with zero attached hydrogens (tertiary/aromatic N) is 2. The topological polar surface area (TPSA) is 46.9 Å². The number of fused-ring (bicyclic) bond motifs is 1. The van der Waals surface area contributed by atoms with Crippen LogP contribution < -0.4 is 5.32 Å². The van der Waals surface area contributed by atoms with Gasteiger partial charge in [-0.3, -0.25) is 4.79 Å². The van der Waals surface area contributed by atoms with Gasteiger partial charge in [0.15, 0.2) is 0 Å². The summed E-state index contributed by atoms with van der Waals surface area (Å²) in [6.45, 7) is 8.47. The number of halogens is 1. The van der Waals surface area contributed by atoms with Gasteiger partial charge in [-0.2, -0.15) is 0 Å². The molecule has 4 nitrogen and oxygen atoms in total. The zero-order valence-corrected chi connectivity index (χ0v) is 13.7. The average Bonchev–Trinajstić information content (AvgIpc) is 2.76. The van der Waals surface area contributed by atoms with E-state index in [1.54, 1.807) is 0 Å². The lowest BCUT2D eigenvalue weighted by Crippen LogP contribution is -2.30. The number of rotatable bonds is 5. The SMILES string of the molecule is Cc1cccc2nc(C(C)Cl)n(CCC(=O)NC(C)C)c12. The number of nitrogens with one attached hydrogen (secondary N) is 1. The van der Waals surface area contributed by atoms with Gasteiger partial charge in [-0.25, -0.2) is 4.98 Å². The molecule has 0 aliphatic carbocycles. The third-order valence-corrected chi connectivity index (χ3v) is 3.56. The fourth-order valence-corrected chi connectivity index (χ4v) is 2.69. The Morgan fingerprint density at radius 2 is 2.10 bits per heavy atom. The molecule has 0 bridgehead atoms. The maximum atomic E-state index is 11.9. The maximum absolute atomic E-state index is 11.9. The van der Waals surface area contributed by atoms with Crippen molar-refractivity contribution in [1.29, 1.82) is 0 Å². The standard InChI is InChI=1S/C16H22ClN3O/c1-10(2)18-14(21)8-9-20-15-11(3)6-5-7-13(15)19-16(20)12(4)17/h5-7,10,12H,8-9H2,1-4H3,(H,18,21). The van der Waals surface area contributed by atoms with Crippen LogP contribution in [0, 0.1) is 6.92 Å². The summed E-state index contributed by atoms with van der Waals surface area (Å²) in [6.07, 6.45) is 0.425. The number of alkyl halides is 1. The molecule has 1 heterocycles. The van der Waals surface area contributed by atoms with Crippen LogP contribution >= 0.6 is 11.6 Å². The Hall–Kier alpha value is -1.55. The van der Waals surface area contributed by atoms with Gasteiger partial charge in [0.2, 0.25) is 5.91 Å². The predicted octanol–water partition coefficient (Wildman–Crippen LogP) is 3.56. The summed E-state index contributed by atoms with van der Waals surface area (Å²) in [5.41, 5.74) is 3.15. The van der Waals surface area contributed by atoms with Crippen molar-refractivity contribution in [2.45, 2.75) is 52.1 Å². The molecule has 1 atom stereocenters. The second kappa shape index (κ2) is 6.48. The highest BCUT2D eigenvalue weighted by Crippen LogP contribution is 2.26. The summed E-state index contributed by atoms with van der Waals surface area (Å²) in [7, 11) is 0. The number of para-hydroxylation sites is 1. The number of aromatic nitrogens is 2. The maximum Gasteiger partial charge on any atom is 0.221 e. The van der Waals surface area contributed by atoms with Crippen molar-refractivity contribution in [2.24, 2.45) is 0 Å². The minimum atomic E-state index is -0.190. The van der Waals surface area contributed by atoms with E-state index in [0.717, 1.165) is 22.4 Å². The highest BCUT2D eigenvalue weighted by Gasteiger charge is 2.17. The summed E-state index contributed by atoms with van der Waals surface area (Å²) in [5.74, 6) is 0.868. The number of hydrogen-bond donors (Lipinski definition) is 1. The number of carbonyl (C=O) groups excluding carboxylic acids is 1. The Labute approximate surface area is 130 Å². The Morgan fingerprint density at radius 3 is 2.71 bits per heavy atom. The molecule has 1 unspecified atom stereocenters. The molecule has 0 spiro atoms. The molecule has 1 N–H and O–H groups in total. The summed E-state index contributed by atoms with van der Waals surface area (Å²) in [5, 5.41) is 2.72. The fraction of sp³-hybridized carbons (Fsp3) is 0.500. The molecule has 0 radical (unpaired) electrons. The third-order valence-electron chi connectivity index (χ3n) is 3.37. The van der Waals surface area contributed by atoms with E-state index < -0.39 is 0 Å². The van der Waals surface area contributed by atoms with Crippen LogP contribution in [0.2, 0.25) is 0 Å². The fourth-order valence-electron chi connectivity index (χ4n) is 2.52. The summed E-state index contributed by atoms with van der Waals surface area (Å²) in [4.78, 5) is 16.5. The first-order valence-corrected chi connectivity index (χ1v) is 7.73. The number of carbonyl (C=O) groups is 1. The lowest BCUT2D eigenvalue weighted by atomic mass is 10.2. The van der Waals surface area contributed by atoms with E-state index in [4.69, 9.17) is 11.6 Å². The number of imidazole rings is 1. The van der Waals surface area contributed by atoms with E-state index >= 15 is 0 Å². The van der Waals surface area contributed by atoms with Gasteiger partial charge in [0.1, 0.15) is 5.82 Å². The zero-order chi connectivity index (χ0) is 15.6. The van der Waals surface area contributed by atoms with Crippen LogP contribution in [0.5, 0.6) is 0 Å². The van der Waals surface area contributed by atoms with Crippen molar-refractivity contribution >= 4 is 28.5 Å². The van der Waals surface area contributed by atoms with Crippen molar-refractivity contribution in [3.8, 4) is 0 Å². The van der Waals surface area contributed by atoms with Crippen LogP contribution in [0.1, 0.15) is 44.0 Å². The lowest BCUT2D eigenvalue weighted by molar-refractivity contribution is -0.121. The van der Waals surface area contributed by atoms with E-state index in [1.165, 1.54) is 0 Å². The first-order chi connectivity index (χ1) is 9.90. The summed E-state index contributed by atoms with van der Waals surface area (Å²) in [6, 6.07) is 6.18. The van der Waals surface area contributed by atoms with Crippen LogP contribution in [0.15, 0.2) is 18.2 Å². The quantitative estimate of drug-likeness (QED) is 0.859. The molecule has 114 valence electrons. The van der Waals surface area contributed by atoms with Crippen molar-refractivity contribution in [3.63, 3.8) is 0 Å². The minimum absolute atomic E-state index is 0.0496. The molecule has 2 rings (SSSR count). The van der Waals surface area contributed by atoms with E-state index in [9.17, 15) is 4.79 Å². The van der Waals surface area contributed by atoms with Gasteiger partial charge in [-0.1, -0.05) is 12.1 Å². The van der Waals surface area contributed by atoms with Crippen LogP contribution in [0.3, 0.4) is 0 Å². The summed E-state index contributed by atoms with van der Waals surface area (Å²) < 4.78 is 2.07. The molecule has 1 aromatic carbocycles. The Kier molecular flexibility index (Phi) is 4.88. The molecular formula is C16H22ClN3O. The first-order valence-electron chi connectivity index (χ1n) is 7.29. The molecule has 2 aromatic rings. The van der Waals surface area contributed by atoms with Gasteiger partial charge in [0.05, 0.1) is 16.4 Å². The second-order valence-electron chi connectivity index (χ2n) is 5.65. The third kappa shape index (κ3) is 3.56. The normalized spacial score (nSPS) is 12.9. The average molecular weight is 308 g/mol. The van der Waals surface area contributed by atoms with Gasteiger partial charge in [-0.05, 0) is 39.3 Å². The minimum Gasteiger partial charge on any atom is -0.354 e. The number of aryl methyl sites for hydroxylation is 2. The largest absolute Gasteiger partial charge is 0.354 e. The highest BCUT2D eigenvalue weighted by molar-refractivity contribution is 6.20. The number of hydrogen-bond acceptors (Lipinski definition) is 2. The van der Waals surface area contributed by atoms with Gasteiger partial charge < -0.3 is 9.88 Å². The van der Waals surface area contributed by atoms with Gasteiger partial charge >= 0.3 is 0 Å². The molecule has 0 fully saturated rings. The highest BCUT2D eigenvalue weighted by atomic mass is 35.5. The first kappa shape index (κ1) is 15.8. The second-order valence-corrected chi connectivity index (χ2v) is 6.31. The monoisotopic (exact) mass is 307 g/mol. The molecule has 1 aromatic heterocycles. The Bertz CT molecular complexity index is 646. The van der Waals surface area contributed by atoms with Crippen LogP contribution in [-0.2, 0) is 11.3 Å². The van der Waals surface area contributed by atoms with Crippen LogP contribution in [0.4, 0.5) is 0 Å². The van der Waals surface area contributed by atoms with Crippen LogP contribution in [-0.4, -0.2) is 21.5 Å². The van der Waals surface area contributed by atoms with Gasteiger partial charge in [0.25, 0.3) is 0 Å². The van der Waals surface area contributed by atoms with Crippen molar-refractivity contribution < 1.29 is 4.79 Å². The number of amides is 1. The Balaban J connectivity index is 2.32. The van der Waals surface area contributed by atoms with E-state index in [-0.39, 0.29) is 17.3 Å². The molecule has 0 aliphatic rings.